The predicted molar refractivity (Wildman–Crippen MR) is 167 cm³/mol. The van der Waals surface area contributed by atoms with E-state index < -0.39 is 5.25 Å². The molecular formula is C33H53N3O3S. The van der Waals surface area contributed by atoms with Crippen LogP contribution in [0.1, 0.15) is 123 Å². The van der Waals surface area contributed by atoms with Gasteiger partial charge in [0.2, 0.25) is 17.7 Å². The first-order chi connectivity index (χ1) is 19.5. The Morgan fingerprint density at radius 3 is 1.95 bits per heavy atom. The van der Waals surface area contributed by atoms with Crippen molar-refractivity contribution in [1.29, 1.82) is 0 Å². The van der Waals surface area contributed by atoms with Gasteiger partial charge in [-0.25, -0.2) is 0 Å². The van der Waals surface area contributed by atoms with Gasteiger partial charge in [-0.3, -0.25) is 14.4 Å². The average Bonchev–Trinajstić information content (AvgIpc) is 2.97. The SMILES string of the molecule is CCCCCCCCCCCCCCCCC(=O)NC1CCN(C(=O)C2Sc3ccccc3N(CC)C2=O)CC1. The molecule has 40 heavy (non-hydrogen) atoms. The molecule has 7 heteroatoms. The lowest BCUT2D eigenvalue weighted by molar-refractivity contribution is -0.135. The van der Waals surface area contributed by atoms with Crippen molar-refractivity contribution in [2.75, 3.05) is 24.5 Å². The highest BCUT2D eigenvalue weighted by atomic mass is 32.2. The Balaban J connectivity index is 1.22. The van der Waals surface area contributed by atoms with E-state index in [0.29, 0.717) is 26.1 Å². The summed E-state index contributed by atoms with van der Waals surface area (Å²) < 4.78 is 0. The number of unbranched alkanes of at least 4 members (excludes halogenated alkanes) is 13. The molecule has 3 rings (SSSR count). The smallest absolute Gasteiger partial charge is 0.250 e. The van der Waals surface area contributed by atoms with E-state index in [0.717, 1.165) is 36.3 Å². The maximum atomic E-state index is 13.3. The molecule has 0 bridgehead atoms. The summed E-state index contributed by atoms with van der Waals surface area (Å²) in [6, 6.07) is 7.91. The van der Waals surface area contributed by atoms with E-state index in [2.05, 4.69) is 12.2 Å². The maximum Gasteiger partial charge on any atom is 0.250 e. The first kappa shape index (κ1) is 32.5. The molecule has 2 aliphatic rings. The molecular weight excluding hydrogens is 518 g/mol. The standard InChI is InChI=1S/C33H53N3O3S/c1-3-5-6-7-8-9-10-11-12-13-14-15-16-17-22-30(37)34-27-23-25-35(26-24-27)32(38)31-33(39)36(4-2)28-20-18-19-21-29(28)40-31/h18-21,27,31H,3-17,22-26H2,1-2H3,(H,34,37). The summed E-state index contributed by atoms with van der Waals surface area (Å²) in [5, 5.41) is 2.46. The molecule has 1 fully saturated rings. The van der Waals surface area contributed by atoms with Crippen LogP contribution in [-0.2, 0) is 14.4 Å². The molecule has 6 nitrogen and oxygen atoms in total. The Hall–Kier alpha value is -2.02. The van der Waals surface area contributed by atoms with E-state index in [-0.39, 0.29) is 23.8 Å². The summed E-state index contributed by atoms with van der Waals surface area (Å²) in [5.41, 5.74) is 0.893. The van der Waals surface area contributed by atoms with Gasteiger partial charge in [0, 0.05) is 37.0 Å². The molecule has 0 spiro atoms. The molecule has 3 amide bonds. The summed E-state index contributed by atoms with van der Waals surface area (Å²) in [4.78, 5) is 43.4. The highest BCUT2D eigenvalue weighted by molar-refractivity contribution is 8.01. The molecule has 1 aromatic rings. The fraction of sp³-hybridized carbons (Fsp3) is 0.727. The zero-order valence-electron chi connectivity index (χ0n) is 25.1. The number of hydrogen-bond acceptors (Lipinski definition) is 4. The van der Waals surface area contributed by atoms with Crippen molar-refractivity contribution in [3.63, 3.8) is 0 Å². The number of hydrogen-bond donors (Lipinski definition) is 1. The number of carbonyl (C=O) groups excluding carboxylic acids is 3. The van der Waals surface area contributed by atoms with Gasteiger partial charge in [0.1, 0.15) is 0 Å². The van der Waals surface area contributed by atoms with Crippen molar-refractivity contribution in [3.8, 4) is 0 Å². The number of nitrogens with zero attached hydrogens (tertiary/aromatic N) is 2. The van der Waals surface area contributed by atoms with Gasteiger partial charge in [-0.1, -0.05) is 103 Å². The fourth-order valence-electron chi connectivity index (χ4n) is 5.89. The van der Waals surface area contributed by atoms with Crippen LogP contribution in [0.3, 0.4) is 0 Å². The zero-order chi connectivity index (χ0) is 28.6. The summed E-state index contributed by atoms with van der Waals surface area (Å²) >= 11 is 1.37. The number of anilines is 1. The number of para-hydroxylation sites is 1. The molecule has 2 heterocycles. The van der Waals surface area contributed by atoms with E-state index in [9.17, 15) is 14.4 Å². The van der Waals surface area contributed by atoms with Crippen molar-refractivity contribution in [1.82, 2.24) is 10.2 Å². The topological polar surface area (TPSA) is 69.7 Å². The van der Waals surface area contributed by atoms with Crippen LogP contribution < -0.4 is 10.2 Å². The normalized spacial score (nSPS) is 17.6. The van der Waals surface area contributed by atoms with Crippen LogP contribution in [0, 0.1) is 0 Å². The monoisotopic (exact) mass is 571 g/mol. The summed E-state index contributed by atoms with van der Waals surface area (Å²) in [6.45, 7) is 5.93. The molecule has 1 N–H and O–H groups in total. The lowest BCUT2D eigenvalue weighted by atomic mass is 10.0. The van der Waals surface area contributed by atoms with Crippen LogP contribution >= 0.6 is 11.8 Å². The van der Waals surface area contributed by atoms with E-state index in [1.54, 1.807) is 4.90 Å². The quantitative estimate of drug-likeness (QED) is 0.146. The van der Waals surface area contributed by atoms with E-state index in [4.69, 9.17) is 0 Å². The molecule has 1 unspecified atom stereocenters. The summed E-state index contributed by atoms with van der Waals surface area (Å²) in [6.07, 6.45) is 20.5. The lowest BCUT2D eigenvalue weighted by Gasteiger charge is -2.37. The highest BCUT2D eigenvalue weighted by Crippen LogP contribution is 2.39. The molecule has 1 aromatic carbocycles. The van der Waals surface area contributed by atoms with Gasteiger partial charge in [0.25, 0.3) is 0 Å². The van der Waals surface area contributed by atoms with Gasteiger partial charge in [0.15, 0.2) is 5.25 Å². The Morgan fingerprint density at radius 1 is 0.825 bits per heavy atom. The van der Waals surface area contributed by atoms with E-state index in [1.165, 1.54) is 88.8 Å². The molecule has 1 saturated heterocycles. The number of thioether (sulfide) groups is 1. The Labute approximate surface area is 247 Å². The first-order valence-corrected chi connectivity index (χ1v) is 17.1. The minimum absolute atomic E-state index is 0.102. The molecule has 0 saturated carbocycles. The number of benzene rings is 1. The number of fused-ring (bicyclic) bond motifs is 1. The number of piperidine rings is 1. The Kier molecular flexibility index (Phi) is 15.0. The highest BCUT2D eigenvalue weighted by Gasteiger charge is 2.40. The molecule has 224 valence electrons. The summed E-state index contributed by atoms with van der Waals surface area (Å²) in [7, 11) is 0. The molecule has 0 aromatic heterocycles. The van der Waals surface area contributed by atoms with Crippen LogP contribution in [0.15, 0.2) is 29.2 Å². The minimum atomic E-state index is -0.721. The second-order valence-electron chi connectivity index (χ2n) is 11.6. The van der Waals surface area contributed by atoms with Crippen molar-refractivity contribution >= 4 is 35.2 Å². The van der Waals surface area contributed by atoms with Gasteiger partial charge in [-0.05, 0) is 38.3 Å². The third kappa shape index (κ3) is 10.4. The van der Waals surface area contributed by atoms with Crippen LogP contribution in [-0.4, -0.2) is 53.5 Å². The number of carbonyl (C=O) groups is 3. The van der Waals surface area contributed by atoms with Crippen molar-refractivity contribution < 1.29 is 14.4 Å². The van der Waals surface area contributed by atoms with E-state index in [1.807, 2.05) is 36.1 Å². The van der Waals surface area contributed by atoms with Gasteiger partial charge in [-0.2, -0.15) is 0 Å². The molecule has 2 aliphatic heterocycles. The van der Waals surface area contributed by atoms with Crippen molar-refractivity contribution in [2.24, 2.45) is 0 Å². The van der Waals surface area contributed by atoms with Gasteiger partial charge < -0.3 is 15.1 Å². The van der Waals surface area contributed by atoms with Crippen LogP contribution in [0.4, 0.5) is 5.69 Å². The average molecular weight is 572 g/mol. The second-order valence-corrected chi connectivity index (χ2v) is 12.7. The van der Waals surface area contributed by atoms with Crippen molar-refractivity contribution in [2.45, 2.75) is 139 Å². The van der Waals surface area contributed by atoms with Crippen LogP contribution in [0.2, 0.25) is 0 Å². The maximum absolute atomic E-state index is 13.3. The number of amides is 3. The number of nitrogens with one attached hydrogen (secondary N) is 1. The third-order valence-electron chi connectivity index (χ3n) is 8.36. The number of likely N-dealkylation sites (tertiary alicyclic amines) is 1. The number of rotatable bonds is 18. The third-order valence-corrected chi connectivity index (χ3v) is 9.60. The van der Waals surface area contributed by atoms with Crippen LogP contribution in [0.25, 0.3) is 0 Å². The van der Waals surface area contributed by atoms with Gasteiger partial charge in [0.05, 0.1) is 5.69 Å². The second kappa shape index (κ2) is 18.4. The fourth-order valence-corrected chi connectivity index (χ4v) is 7.08. The molecule has 0 radical (unpaired) electrons. The molecule has 0 aliphatic carbocycles. The van der Waals surface area contributed by atoms with Gasteiger partial charge in [-0.15, -0.1) is 11.8 Å². The van der Waals surface area contributed by atoms with E-state index >= 15 is 0 Å². The molecule has 1 atom stereocenters. The summed E-state index contributed by atoms with van der Waals surface area (Å²) in [5.74, 6) is -0.0909. The van der Waals surface area contributed by atoms with Crippen LogP contribution in [0.5, 0.6) is 0 Å². The Bertz CT molecular complexity index is 916. The van der Waals surface area contributed by atoms with Crippen molar-refractivity contribution in [3.05, 3.63) is 24.3 Å². The Morgan fingerprint density at radius 2 is 1.38 bits per heavy atom. The van der Waals surface area contributed by atoms with Gasteiger partial charge >= 0.3 is 0 Å². The predicted octanol–water partition coefficient (Wildman–Crippen LogP) is 7.49. The largest absolute Gasteiger partial charge is 0.353 e. The first-order valence-electron chi connectivity index (χ1n) is 16.2. The zero-order valence-corrected chi connectivity index (χ0v) is 26.0. The lowest BCUT2D eigenvalue weighted by Crippen LogP contribution is -2.53. The minimum Gasteiger partial charge on any atom is -0.353 e.